The first-order valence-corrected chi connectivity index (χ1v) is 3.27. The summed E-state index contributed by atoms with van der Waals surface area (Å²) in [5, 5.41) is 12.5. The van der Waals surface area contributed by atoms with Crippen molar-refractivity contribution < 1.29 is 5.11 Å². The summed E-state index contributed by atoms with van der Waals surface area (Å²) in [4.78, 5) is 8.02. The van der Waals surface area contributed by atoms with Gasteiger partial charge in [-0.25, -0.2) is 9.98 Å². The molecule has 0 aromatic carbocycles. The largest absolute Gasteiger partial charge is 0.859 e. The molecule has 0 amide bonds. The van der Waals surface area contributed by atoms with Gasteiger partial charge in [-0.2, -0.15) is 0 Å². The molecule has 5 nitrogen and oxygen atoms in total. The molecule has 2 heterocycles. The van der Waals surface area contributed by atoms with Crippen molar-refractivity contribution in [2.24, 2.45) is 9.98 Å². The van der Waals surface area contributed by atoms with Crippen LogP contribution < -0.4 is 10.5 Å². The second kappa shape index (κ2) is 1.98. The minimum atomic E-state index is -0.382. The van der Waals surface area contributed by atoms with E-state index in [0.717, 1.165) is 5.71 Å². The highest BCUT2D eigenvalue weighted by Crippen LogP contribution is 2.13. The molecule has 0 fully saturated rings. The molecular weight excluding hydrogens is 144 g/mol. The molecule has 0 saturated heterocycles. The summed E-state index contributed by atoms with van der Waals surface area (Å²) in [6.45, 7) is 1.78. The highest BCUT2D eigenvalue weighted by atomic mass is 16.3. The zero-order chi connectivity index (χ0) is 7.84. The lowest BCUT2D eigenvalue weighted by atomic mass is 10.3. The molecule has 2 rings (SSSR count). The first-order valence-electron chi connectivity index (χ1n) is 3.27. The fourth-order valence-electron chi connectivity index (χ4n) is 1.03. The summed E-state index contributed by atoms with van der Waals surface area (Å²) >= 11 is 0. The number of hydrazine groups is 1. The lowest BCUT2D eigenvalue weighted by molar-refractivity contribution is -0.338. The molecule has 1 atom stereocenters. The Labute approximate surface area is 63.7 Å². The maximum atomic E-state index is 11.1. The number of hydrogen-bond donors (Lipinski definition) is 1. The zero-order valence-corrected chi connectivity index (χ0v) is 5.98. The number of allylic oxidation sites excluding steroid dienone is 1. The van der Waals surface area contributed by atoms with Crippen molar-refractivity contribution in [1.82, 2.24) is 10.4 Å². The van der Waals surface area contributed by atoms with Crippen LogP contribution in [0.4, 0.5) is 0 Å². The van der Waals surface area contributed by atoms with Gasteiger partial charge in [-0.3, -0.25) is 10.4 Å². The lowest BCUT2D eigenvalue weighted by Gasteiger charge is -2.31. The molecule has 5 heteroatoms. The Balaban J connectivity index is 2.33. The predicted octanol–water partition coefficient (Wildman–Crippen LogP) is -1.21. The van der Waals surface area contributed by atoms with Gasteiger partial charge in [0.2, 0.25) is 6.29 Å². The molecule has 0 radical (unpaired) electrons. The molecule has 0 aromatic heterocycles. The van der Waals surface area contributed by atoms with Gasteiger partial charge in [0.15, 0.2) is 0 Å². The number of aliphatic imine (C=N–C) groups is 2. The van der Waals surface area contributed by atoms with E-state index in [-0.39, 0.29) is 12.2 Å². The minimum Gasteiger partial charge on any atom is -0.859 e. The van der Waals surface area contributed by atoms with E-state index < -0.39 is 0 Å². The number of hydrogen-bond acceptors (Lipinski definition) is 5. The molecule has 0 aliphatic carbocycles. The van der Waals surface area contributed by atoms with Crippen molar-refractivity contribution in [2.45, 2.75) is 13.2 Å². The van der Waals surface area contributed by atoms with Crippen molar-refractivity contribution in [1.29, 1.82) is 0 Å². The monoisotopic (exact) mass is 151 g/mol. The van der Waals surface area contributed by atoms with E-state index >= 15 is 0 Å². The van der Waals surface area contributed by atoms with E-state index in [9.17, 15) is 5.11 Å². The average Bonchev–Trinajstić information content (AvgIpc) is 2.34. The Bertz CT molecular complexity index is 268. The normalized spacial score (nSPS) is 27.4. The smallest absolute Gasteiger partial charge is 0.234 e. The molecule has 58 valence electrons. The number of rotatable bonds is 0. The summed E-state index contributed by atoms with van der Waals surface area (Å²) in [7, 11) is 0. The molecule has 0 saturated carbocycles. The van der Waals surface area contributed by atoms with Crippen LogP contribution in [0.25, 0.3) is 0 Å². The van der Waals surface area contributed by atoms with E-state index in [4.69, 9.17) is 0 Å². The van der Waals surface area contributed by atoms with Crippen molar-refractivity contribution in [3.63, 3.8) is 0 Å². The van der Waals surface area contributed by atoms with E-state index in [1.165, 1.54) is 17.4 Å². The fourth-order valence-corrected chi connectivity index (χ4v) is 1.03. The molecule has 0 aromatic rings. The van der Waals surface area contributed by atoms with Crippen molar-refractivity contribution >= 4 is 12.1 Å². The summed E-state index contributed by atoms with van der Waals surface area (Å²) < 4.78 is 0. The van der Waals surface area contributed by atoms with Gasteiger partial charge >= 0.3 is 0 Å². The lowest BCUT2D eigenvalue weighted by Crippen LogP contribution is -2.43. The topological polar surface area (TPSA) is 63.0 Å². The van der Waals surface area contributed by atoms with Crippen LogP contribution in [0.5, 0.6) is 0 Å². The summed E-state index contributed by atoms with van der Waals surface area (Å²) in [6, 6.07) is 0. The van der Waals surface area contributed by atoms with Gasteiger partial charge < -0.3 is 5.11 Å². The molecule has 2 aliphatic rings. The van der Waals surface area contributed by atoms with Gasteiger partial charge in [0.05, 0.1) is 0 Å². The van der Waals surface area contributed by atoms with Crippen LogP contribution in [-0.4, -0.2) is 23.3 Å². The van der Waals surface area contributed by atoms with Crippen LogP contribution in [0.3, 0.4) is 0 Å². The third-order valence-electron chi connectivity index (χ3n) is 1.52. The Hall–Kier alpha value is -1.52. The van der Waals surface area contributed by atoms with Gasteiger partial charge in [0.1, 0.15) is 6.34 Å². The average molecular weight is 151 g/mol. The SMILES string of the molecule is CC1=NC2N=CNN2C([O-])=C1. The fraction of sp³-hybridized carbons (Fsp3) is 0.333. The van der Waals surface area contributed by atoms with Crippen LogP contribution in [0.2, 0.25) is 0 Å². The van der Waals surface area contributed by atoms with Crippen molar-refractivity contribution in [3.8, 4) is 0 Å². The maximum absolute atomic E-state index is 11.1. The van der Waals surface area contributed by atoms with Gasteiger partial charge in [0, 0.05) is 5.71 Å². The van der Waals surface area contributed by atoms with Crippen LogP contribution in [0.1, 0.15) is 6.92 Å². The Morgan fingerprint density at radius 2 is 2.55 bits per heavy atom. The quantitative estimate of drug-likeness (QED) is 0.472. The van der Waals surface area contributed by atoms with Gasteiger partial charge in [0.25, 0.3) is 0 Å². The van der Waals surface area contributed by atoms with Crippen LogP contribution in [0, 0.1) is 0 Å². The molecule has 1 unspecified atom stereocenters. The number of nitrogens with zero attached hydrogens (tertiary/aromatic N) is 3. The Morgan fingerprint density at radius 3 is 3.36 bits per heavy atom. The second-order valence-electron chi connectivity index (χ2n) is 2.38. The highest BCUT2D eigenvalue weighted by molar-refractivity contribution is 5.93. The van der Waals surface area contributed by atoms with Gasteiger partial charge in [-0.15, -0.1) is 0 Å². The Kier molecular flexibility index (Phi) is 1.12. The summed E-state index contributed by atoms with van der Waals surface area (Å²) in [5.74, 6) is -0.0972. The molecule has 0 bridgehead atoms. The van der Waals surface area contributed by atoms with E-state index in [1.807, 2.05) is 0 Å². The van der Waals surface area contributed by atoms with Gasteiger partial charge in [-0.05, 0) is 18.9 Å². The number of fused-ring (bicyclic) bond motifs is 1. The van der Waals surface area contributed by atoms with E-state index in [2.05, 4.69) is 15.4 Å². The van der Waals surface area contributed by atoms with Crippen LogP contribution >= 0.6 is 0 Å². The maximum Gasteiger partial charge on any atom is 0.234 e. The third-order valence-corrected chi connectivity index (χ3v) is 1.52. The van der Waals surface area contributed by atoms with Gasteiger partial charge in [-0.1, -0.05) is 0 Å². The first-order chi connectivity index (χ1) is 5.27. The molecule has 11 heavy (non-hydrogen) atoms. The van der Waals surface area contributed by atoms with Crippen LogP contribution in [0.15, 0.2) is 21.9 Å². The summed E-state index contributed by atoms with van der Waals surface area (Å²) in [6.07, 6.45) is 2.56. The summed E-state index contributed by atoms with van der Waals surface area (Å²) in [5.41, 5.74) is 3.40. The standard InChI is InChI=1S/C6H8N4O/c1-4-2-5(11)10-6(9-4)7-3-8-10/h2-3,6,11H,1H3,(H,7,8)/p-1. The first kappa shape index (κ1) is 6.21. The zero-order valence-electron chi connectivity index (χ0n) is 5.98. The predicted molar refractivity (Wildman–Crippen MR) is 38.4 cm³/mol. The van der Waals surface area contributed by atoms with Crippen molar-refractivity contribution in [3.05, 3.63) is 12.0 Å². The van der Waals surface area contributed by atoms with Crippen LogP contribution in [-0.2, 0) is 0 Å². The highest BCUT2D eigenvalue weighted by Gasteiger charge is 2.20. The number of nitrogens with one attached hydrogen (secondary N) is 1. The molecule has 0 spiro atoms. The molecular formula is C6H7N4O-. The molecule has 1 N–H and O–H groups in total. The third kappa shape index (κ3) is 0.849. The molecule has 2 aliphatic heterocycles. The van der Waals surface area contributed by atoms with E-state index in [1.54, 1.807) is 6.92 Å². The second-order valence-corrected chi connectivity index (χ2v) is 2.38. The van der Waals surface area contributed by atoms with Crippen molar-refractivity contribution in [2.75, 3.05) is 0 Å². The minimum absolute atomic E-state index is 0.0972. The Morgan fingerprint density at radius 1 is 1.73 bits per heavy atom. The van der Waals surface area contributed by atoms with E-state index in [0.29, 0.717) is 0 Å².